The fourth-order valence-electron chi connectivity index (χ4n) is 2.74. The van der Waals surface area contributed by atoms with Crippen molar-refractivity contribution < 1.29 is 29.4 Å². The van der Waals surface area contributed by atoms with E-state index < -0.39 is 54.0 Å². The van der Waals surface area contributed by atoms with Crippen LogP contribution in [0.15, 0.2) is 30.3 Å². The number of hydrogen-bond acceptors (Lipinski definition) is 7. The summed E-state index contributed by atoms with van der Waals surface area (Å²) in [6, 6.07) is 4.25. The van der Waals surface area contributed by atoms with Gasteiger partial charge in [0.1, 0.15) is 18.1 Å². The van der Waals surface area contributed by atoms with Crippen molar-refractivity contribution in [2.24, 2.45) is 11.7 Å². The smallest absolute Gasteiger partial charge is 0.327 e. The molecule has 0 radical (unpaired) electrons. The molecule has 0 spiro atoms. The summed E-state index contributed by atoms with van der Waals surface area (Å²) in [5.74, 6) is -3.80. The van der Waals surface area contributed by atoms with E-state index in [1.54, 1.807) is 44.2 Å². The number of carbonyl (C=O) groups is 4. The van der Waals surface area contributed by atoms with E-state index in [0.29, 0.717) is 0 Å². The number of carbonyl (C=O) groups excluding carboxylic acids is 3. The first-order valence-electron chi connectivity index (χ1n) is 10.2. The molecule has 1 aromatic carbocycles. The average Bonchev–Trinajstić information content (AvgIpc) is 2.74. The van der Waals surface area contributed by atoms with Gasteiger partial charge in [0.05, 0.1) is 12.1 Å². The van der Waals surface area contributed by atoms with E-state index in [4.69, 9.17) is 10.8 Å². The molecular formula is C21H32N4O6S. The number of aliphatic carboxylic acids is 1. The van der Waals surface area contributed by atoms with Gasteiger partial charge in [-0.2, -0.15) is 12.6 Å². The summed E-state index contributed by atoms with van der Waals surface area (Å²) in [5, 5.41) is 26.3. The quantitative estimate of drug-likeness (QED) is 0.194. The van der Waals surface area contributed by atoms with E-state index in [1.165, 1.54) is 6.92 Å². The number of aliphatic hydroxyl groups is 1. The zero-order chi connectivity index (χ0) is 24.4. The maximum Gasteiger partial charge on any atom is 0.327 e. The van der Waals surface area contributed by atoms with Crippen LogP contribution in [0.3, 0.4) is 0 Å². The van der Waals surface area contributed by atoms with Crippen LogP contribution in [-0.4, -0.2) is 69.9 Å². The number of carboxylic acids is 1. The van der Waals surface area contributed by atoms with Crippen molar-refractivity contribution in [3.05, 3.63) is 35.9 Å². The molecule has 3 amide bonds. The molecule has 1 aromatic rings. The van der Waals surface area contributed by atoms with Crippen LogP contribution >= 0.6 is 12.6 Å². The number of carboxylic acid groups (broad SMARTS) is 1. The second kappa shape index (κ2) is 13.0. The van der Waals surface area contributed by atoms with Gasteiger partial charge in [0.15, 0.2) is 0 Å². The molecule has 10 nitrogen and oxygen atoms in total. The third-order valence-corrected chi connectivity index (χ3v) is 5.16. The average molecular weight is 469 g/mol. The van der Waals surface area contributed by atoms with Crippen LogP contribution in [-0.2, 0) is 25.6 Å². The third-order valence-electron chi connectivity index (χ3n) is 4.80. The number of thiol groups is 1. The SMILES string of the molecule is CC(C)C(N)C(=O)NC(Cc1ccccc1)C(=O)NC(C(=O)NC(CS)C(=O)O)C(C)O. The van der Waals surface area contributed by atoms with Crippen molar-refractivity contribution in [2.45, 2.75) is 57.5 Å². The highest BCUT2D eigenvalue weighted by atomic mass is 32.1. The van der Waals surface area contributed by atoms with Gasteiger partial charge in [0.25, 0.3) is 0 Å². The van der Waals surface area contributed by atoms with E-state index >= 15 is 0 Å². The molecule has 0 saturated carbocycles. The molecule has 0 aromatic heterocycles. The second-order valence-corrected chi connectivity index (χ2v) is 8.19. The van der Waals surface area contributed by atoms with Gasteiger partial charge >= 0.3 is 5.97 Å². The van der Waals surface area contributed by atoms with Crippen molar-refractivity contribution in [1.29, 1.82) is 0 Å². The van der Waals surface area contributed by atoms with Gasteiger partial charge in [-0.3, -0.25) is 14.4 Å². The van der Waals surface area contributed by atoms with Gasteiger partial charge in [-0.05, 0) is 18.4 Å². The fourth-order valence-corrected chi connectivity index (χ4v) is 2.98. The molecule has 0 heterocycles. The second-order valence-electron chi connectivity index (χ2n) is 7.83. The summed E-state index contributed by atoms with van der Waals surface area (Å²) < 4.78 is 0. The Bertz CT molecular complexity index is 790. The zero-order valence-electron chi connectivity index (χ0n) is 18.3. The number of nitrogens with two attached hydrogens (primary N) is 1. The molecule has 7 N–H and O–H groups in total. The molecule has 0 bridgehead atoms. The summed E-state index contributed by atoms with van der Waals surface area (Å²) in [6.45, 7) is 4.82. The van der Waals surface area contributed by atoms with Crippen LogP contribution < -0.4 is 21.7 Å². The Kier molecular flexibility index (Phi) is 11.2. The highest BCUT2D eigenvalue weighted by Gasteiger charge is 2.32. The molecular weight excluding hydrogens is 436 g/mol. The summed E-state index contributed by atoms with van der Waals surface area (Å²) in [6.07, 6.45) is -1.22. The Morgan fingerprint density at radius 2 is 1.50 bits per heavy atom. The largest absolute Gasteiger partial charge is 0.480 e. The van der Waals surface area contributed by atoms with E-state index in [1.807, 2.05) is 0 Å². The summed E-state index contributed by atoms with van der Waals surface area (Å²) in [4.78, 5) is 49.1. The molecule has 0 aliphatic heterocycles. The lowest BCUT2D eigenvalue weighted by Gasteiger charge is -2.27. The first-order valence-corrected chi connectivity index (χ1v) is 10.8. The maximum absolute atomic E-state index is 13.0. The molecule has 178 valence electrons. The molecule has 0 aliphatic rings. The van der Waals surface area contributed by atoms with Gasteiger partial charge in [0.2, 0.25) is 17.7 Å². The van der Waals surface area contributed by atoms with E-state index in [0.717, 1.165) is 5.56 Å². The molecule has 1 rings (SSSR count). The minimum absolute atomic E-state index is 0.117. The summed E-state index contributed by atoms with van der Waals surface area (Å²) in [7, 11) is 0. The van der Waals surface area contributed by atoms with Gasteiger partial charge in [-0.25, -0.2) is 4.79 Å². The van der Waals surface area contributed by atoms with Crippen molar-refractivity contribution in [1.82, 2.24) is 16.0 Å². The van der Waals surface area contributed by atoms with Crippen LogP contribution in [0.5, 0.6) is 0 Å². The third kappa shape index (κ3) is 8.48. The normalized spacial score (nSPS) is 15.7. The Labute approximate surface area is 192 Å². The van der Waals surface area contributed by atoms with Gasteiger partial charge in [0, 0.05) is 12.2 Å². The molecule has 0 fully saturated rings. The molecule has 11 heteroatoms. The Hall–Kier alpha value is -2.63. The van der Waals surface area contributed by atoms with E-state index in [2.05, 4.69) is 28.6 Å². The lowest BCUT2D eigenvalue weighted by molar-refractivity contribution is -0.142. The van der Waals surface area contributed by atoms with Crippen LogP contribution in [0.4, 0.5) is 0 Å². The topological polar surface area (TPSA) is 171 Å². The van der Waals surface area contributed by atoms with Crippen molar-refractivity contribution in [3.8, 4) is 0 Å². The van der Waals surface area contributed by atoms with Crippen LogP contribution in [0.1, 0.15) is 26.3 Å². The first-order chi connectivity index (χ1) is 15.0. The number of rotatable bonds is 12. The zero-order valence-corrected chi connectivity index (χ0v) is 19.2. The summed E-state index contributed by atoms with van der Waals surface area (Å²) in [5.41, 5.74) is 6.64. The van der Waals surface area contributed by atoms with Crippen LogP contribution in [0.2, 0.25) is 0 Å². The highest BCUT2D eigenvalue weighted by molar-refractivity contribution is 7.80. The molecule has 32 heavy (non-hydrogen) atoms. The standard InChI is InChI=1S/C21H32N4O6S/c1-11(2)16(22)19(28)23-14(9-13-7-5-4-6-8-13)18(27)25-17(12(3)26)20(29)24-15(10-32)21(30)31/h4-8,11-12,14-17,26,32H,9-10,22H2,1-3H3,(H,23,28)(H,24,29)(H,25,27)(H,30,31). The predicted octanol–water partition coefficient (Wildman–Crippen LogP) is -0.938. The molecule has 0 aliphatic carbocycles. The number of hydrogen-bond donors (Lipinski definition) is 7. The van der Waals surface area contributed by atoms with Crippen molar-refractivity contribution >= 4 is 36.3 Å². The monoisotopic (exact) mass is 468 g/mol. The van der Waals surface area contributed by atoms with Crippen LogP contribution in [0, 0.1) is 5.92 Å². The Morgan fingerprint density at radius 3 is 1.97 bits per heavy atom. The first kappa shape index (κ1) is 27.4. The fraction of sp³-hybridized carbons (Fsp3) is 0.524. The minimum atomic E-state index is -1.45. The van der Waals surface area contributed by atoms with Crippen molar-refractivity contribution in [2.75, 3.05) is 5.75 Å². The number of nitrogens with one attached hydrogen (secondary N) is 3. The highest BCUT2D eigenvalue weighted by Crippen LogP contribution is 2.07. The lowest BCUT2D eigenvalue weighted by Crippen LogP contribution is -2.60. The molecule has 5 atom stereocenters. The van der Waals surface area contributed by atoms with Gasteiger partial charge < -0.3 is 31.9 Å². The Morgan fingerprint density at radius 1 is 0.938 bits per heavy atom. The van der Waals surface area contributed by atoms with Gasteiger partial charge in [-0.1, -0.05) is 44.2 Å². The van der Waals surface area contributed by atoms with Gasteiger partial charge in [-0.15, -0.1) is 0 Å². The lowest BCUT2D eigenvalue weighted by atomic mass is 10.0. The number of amides is 3. The van der Waals surface area contributed by atoms with Crippen LogP contribution in [0.25, 0.3) is 0 Å². The number of aliphatic hydroxyl groups excluding tert-OH is 1. The maximum atomic E-state index is 13.0. The predicted molar refractivity (Wildman–Crippen MR) is 122 cm³/mol. The van der Waals surface area contributed by atoms with E-state index in [9.17, 15) is 24.3 Å². The number of benzene rings is 1. The van der Waals surface area contributed by atoms with Crippen molar-refractivity contribution in [3.63, 3.8) is 0 Å². The Balaban J connectivity index is 3.05. The minimum Gasteiger partial charge on any atom is -0.480 e. The van der Waals surface area contributed by atoms with E-state index in [-0.39, 0.29) is 18.1 Å². The molecule has 0 saturated heterocycles. The molecule has 5 unspecified atom stereocenters. The summed E-state index contributed by atoms with van der Waals surface area (Å²) >= 11 is 3.88.